The first-order valence-corrected chi connectivity index (χ1v) is 5.56. The van der Waals surface area contributed by atoms with Crippen LogP contribution in [-0.2, 0) is 4.79 Å². The Morgan fingerprint density at radius 2 is 2.11 bits per heavy atom. The van der Waals surface area contributed by atoms with E-state index in [0.717, 1.165) is 0 Å². The number of amides is 2. The third kappa shape index (κ3) is 4.08. The second-order valence-corrected chi connectivity index (χ2v) is 5.17. The number of carbonyl (C=O) groups excluding carboxylic acids is 2. The molecule has 0 aliphatic carbocycles. The topological polar surface area (TPSA) is 104 Å². The van der Waals surface area contributed by atoms with Crippen LogP contribution in [0, 0.1) is 0 Å². The van der Waals surface area contributed by atoms with Gasteiger partial charge in [0.25, 0.3) is 5.91 Å². The van der Waals surface area contributed by atoms with Crippen molar-refractivity contribution in [2.24, 2.45) is 0 Å². The van der Waals surface area contributed by atoms with E-state index < -0.39 is 0 Å². The van der Waals surface area contributed by atoms with Crippen molar-refractivity contribution < 1.29 is 9.59 Å². The van der Waals surface area contributed by atoms with Crippen LogP contribution in [0.4, 0.5) is 5.82 Å². The minimum absolute atomic E-state index is 0.0188. The zero-order valence-corrected chi connectivity index (χ0v) is 11.1. The van der Waals surface area contributed by atoms with E-state index in [1.807, 2.05) is 20.8 Å². The highest BCUT2D eigenvalue weighted by atomic mass is 16.2. The van der Waals surface area contributed by atoms with E-state index >= 15 is 0 Å². The number of nitrogens with zero attached hydrogens (tertiary/aromatic N) is 2. The van der Waals surface area contributed by atoms with Crippen LogP contribution in [0.5, 0.6) is 0 Å². The maximum atomic E-state index is 11.9. The summed E-state index contributed by atoms with van der Waals surface area (Å²) in [7, 11) is 1.54. The summed E-state index contributed by atoms with van der Waals surface area (Å²) in [6.07, 6.45) is 0. The summed E-state index contributed by atoms with van der Waals surface area (Å²) in [6.45, 7) is 5.61. The van der Waals surface area contributed by atoms with Gasteiger partial charge in [0.15, 0.2) is 0 Å². The molecule has 0 saturated carbocycles. The fourth-order valence-electron chi connectivity index (χ4n) is 1.40. The highest BCUT2D eigenvalue weighted by molar-refractivity contribution is 5.95. The summed E-state index contributed by atoms with van der Waals surface area (Å²) in [6, 6.07) is 1.43. The number of anilines is 1. The Hall–Kier alpha value is -2.05. The second kappa shape index (κ2) is 5.07. The van der Waals surface area contributed by atoms with Crippen LogP contribution in [0.25, 0.3) is 0 Å². The normalized spacial score (nSPS) is 11.1. The SMILES string of the molecule is CN(CC(=O)NC(C)(C)C)C(=O)c1cc(N)n[nH]1. The Labute approximate surface area is 106 Å². The molecule has 7 heteroatoms. The van der Waals surface area contributed by atoms with Gasteiger partial charge in [-0.15, -0.1) is 0 Å². The standard InChI is InChI=1S/C11H19N5O2/c1-11(2,3)13-9(17)6-16(4)10(18)7-5-8(12)15-14-7/h5H,6H2,1-4H3,(H,13,17)(H3,12,14,15). The predicted octanol–water partition coefficient (Wildman–Crippen LogP) is -0.0214. The Morgan fingerprint density at radius 1 is 1.50 bits per heavy atom. The van der Waals surface area contributed by atoms with Gasteiger partial charge in [-0.3, -0.25) is 14.7 Å². The van der Waals surface area contributed by atoms with E-state index in [1.165, 1.54) is 11.0 Å². The van der Waals surface area contributed by atoms with Crippen molar-refractivity contribution in [3.05, 3.63) is 11.8 Å². The molecule has 1 heterocycles. The number of carbonyl (C=O) groups is 2. The van der Waals surface area contributed by atoms with Gasteiger partial charge in [0, 0.05) is 18.7 Å². The highest BCUT2D eigenvalue weighted by Gasteiger charge is 2.19. The molecule has 1 aromatic rings. The van der Waals surface area contributed by atoms with Crippen LogP contribution in [-0.4, -0.2) is 46.0 Å². The maximum absolute atomic E-state index is 11.9. The number of hydrogen-bond donors (Lipinski definition) is 3. The molecule has 0 radical (unpaired) electrons. The number of nitrogens with one attached hydrogen (secondary N) is 2. The molecule has 0 aliphatic heterocycles. The lowest BCUT2D eigenvalue weighted by Crippen LogP contribution is -2.46. The highest BCUT2D eigenvalue weighted by Crippen LogP contribution is 2.04. The van der Waals surface area contributed by atoms with Crippen molar-refractivity contribution in [2.45, 2.75) is 26.3 Å². The lowest BCUT2D eigenvalue weighted by Gasteiger charge is -2.23. The molecule has 0 aromatic carbocycles. The molecular formula is C11H19N5O2. The second-order valence-electron chi connectivity index (χ2n) is 5.17. The van der Waals surface area contributed by atoms with Crippen LogP contribution in [0.15, 0.2) is 6.07 Å². The number of aromatic nitrogens is 2. The van der Waals surface area contributed by atoms with Gasteiger partial charge in [0.1, 0.15) is 11.5 Å². The monoisotopic (exact) mass is 253 g/mol. The molecular weight excluding hydrogens is 234 g/mol. The fraction of sp³-hybridized carbons (Fsp3) is 0.545. The number of rotatable bonds is 3. The van der Waals surface area contributed by atoms with Crippen molar-refractivity contribution in [3.8, 4) is 0 Å². The first kappa shape index (κ1) is 14.0. The molecule has 0 saturated heterocycles. The fourth-order valence-corrected chi connectivity index (χ4v) is 1.40. The number of H-pyrrole nitrogens is 1. The van der Waals surface area contributed by atoms with Crippen LogP contribution in [0.1, 0.15) is 31.3 Å². The summed E-state index contributed by atoms with van der Waals surface area (Å²) < 4.78 is 0. The minimum Gasteiger partial charge on any atom is -0.382 e. The molecule has 2 amide bonds. The molecule has 1 rings (SSSR count). The summed E-state index contributed by atoms with van der Waals surface area (Å²) in [5, 5.41) is 8.95. The van der Waals surface area contributed by atoms with Crippen LogP contribution in [0.3, 0.4) is 0 Å². The van der Waals surface area contributed by atoms with Gasteiger partial charge in [-0.1, -0.05) is 0 Å². The molecule has 0 fully saturated rings. The van der Waals surface area contributed by atoms with Gasteiger partial charge in [0.05, 0.1) is 6.54 Å². The molecule has 100 valence electrons. The third-order valence-electron chi connectivity index (χ3n) is 2.07. The van der Waals surface area contributed by atoms with E-state index in [2.05, 4.69) is 15.5 Å². The van der Waals surface area contributed by atoms with Gasteiger partial charge in [-0.05, 0) is 20.8 Å². The minimum atomic E-state index is -0.330. The largest absolute Gasteiger partial charge is 0.382 e. The Bertz CT molecular complexity index is 447. The van der Waals surface area contributed by atoms with E-state index in [0.29, 0.717) is 0 Å². The van der Waals surface area contributed by atoms with Gasteiger partial charge >= 0.3 is 0 Å². The van der Waals surface area contributed by atoms with E-state index in [1.54, 1.807) is 7.05 Å². The van der Waals surface area contributed by atoms with Crippen molar-refractivity contribution in [1.29, 1.82) is 0 Å². The van der Waals surface area contributed by atoms with Crippen molar-refractivity contribution >= 4 is 17.6 Å². The first-order valence-electron chi connectivity index (χ1n) is 5.56. The number of aromatic amines is 1. The van der Waals surface area contributed by atoms with Gasteiger partial charge in [0.2, 0.25) is 5.91 Å². The average Bonchev–Trinajstić information content (AvgIpc) is 2.60. The average molecular weight is 253 g/mol. The first-order chi connectivity index (χ1) is 8.19. The molecule has 0 atom stereocenters. The number of likely N-dealkylation sites (N-methyl/N-ethyl adjacent to an activating group) is 1. The van der Waals surface area contributed by atoms with Crippen molar-refractivity contribution in [1.82, 2.24) is 20.4 Å². The lowest BCUT2D eigenvalue weighted by molar-refractivity contribution is -0.122. The Balaban J connectivity index is 2.58. The van der Waals surface area contributed by atoms with Gasteiger partial charge < -0.3 is 16.0 Å². The summed E-state index contributed by atoms with van der Waals surface area (Å²) >= 11 is 0. The number of nitrogen functional groups attached to an aromatic ring is 1. The summed E-state index contributed by atoms with van der Waals surface area (Å²) in [5.41, 5.74) is 5.35. The third-order valence-corrected chi connectivity index (χ3v) is 2.07. The van der Waals surface area contributed by atoms with E-state index in [-0.39, 0.29) is 35.4 Å². The Kier molecular flexibility index (Phi) is 3.95. The number of hydrogen-bond acceptors (Lipinski definition) is 4. The summed E-state index contributed by atoms with van der Waals surface area (Å²) in [4.78, 5) is 24.8. The molecule has 4 N–H and O–H groups in total. The van der Waals surface area contributed by atoms with Gasteiger partial charge in [-0.25, -0.2) is 0 Å². The van der Waals surface area contributed by atoms with E-state index in [4.69, 9.17) is 5.73 Å². The van der Waals surface area contributed by atoms with Gasteiger partial charge in [-0.2, -0.15) is 5.10 Å². The number of nitrogens with two attached hydrogens (primary N) is 1. The molecule has 1 aromatic heterocycles. The zero-order chi connectivity index (χ0) is 13.9. The van der Waals surface area contributed by atoms with Crippen molar-refractivity contribution in [2.75, 3.05) is 19.3 Å². The Morgan fingerprint density at radius 3 is 2.56 bits per heavy atom. The van der Waals surface area contributed by atoms with Crippen molar-refractivity contribution in [3.63, 3.8) is 0 Å². The molecule has 0 spiro atoms. The molecule has 0 unspecified atom stereocenters. The molecule has 7 nitrogen and oxygen atoms in total. The summed E-state index contributed by atoms with van der Waals surface area (Å²) in [5.74, 6) is -0.306. The smallest absolute Gasteiger partial charge is 0.272 e. The predicted molar refractivity (Wildman–Crippen MR) is 67.9 cm³/mol. The quantitative estimate of drug-likeness (QED) is 0.704. The molecule has 18 heavy (non-hydrogen) atoms. The van der Waals surface area contributed by atoms with Crippen LogP contribution >= 0.6 is 0 Å². The zero-order valence-electron chi connectivity index (χ0n) is 11.1. The maximum Gasteiger partial charge on any atom is 0.272 e. The molecule has 0 aliphatic rings. The van der Waals surface area contributed by atoms with E-state index in [9.17, 15) is 9.59 Å². The van der Waals surface area contributed by atoms with Crippen LogP contribution < -0.4 is 11.1 Å². The van der Waals surface area contributed by atoms with Crippen LogP contribution in [0.2, 0.25) is 0 Å². The molecule has 0 bridgehead atoms. The lowest BCUT2D eigenvalue weighted by atomic mass is 10.1.